The molecule has 6 heterocycles. The largest absolute Gasteiger partial charge is 0.511 e. The number of H-pyrrole nitrogens is 3. The normalized spacial score (nSPS) is 11.9. The molecule has 0 aliphatic carbocycles. The second-order valence-electron chi connectivity index (χ2n) is 22.5. The first-order valence-corrected chi connectivity index (χ1v) is 32.0. The van der Waals surface area contributed by atoms with Gasteiger partial charge in [-0.1, -0.05) is 44.3 Å². The molecule has 0 radical (unpaired) electrons. The van der Waals surface area contributed by atoms with E-state index in [2.05, 4.69) is 78.2 Å². The van der Waals surface area contributed by atoms with E-state index in [0.29, 0.717) is 101 Å². The van der Waals surface area contributed by atoms with Gasteiger partial charge in [-0.15, -0.1) is 0 Å². The van der Waals surface area contributed by atoms with Crippen LogP contribution >= 0.6 is 0 Å². The third-order valence-corrected chi connectivity index (χ3v) is 16.7. The molecule has 5 aromatic rings. The molecule has 5 aliphatic rings. The summed E-state index contributed by atoms with van der Waals surface area (Å²) in [4.78, 5) is 124. The topological polar surface area (TPSA) is 372 Å². The molecule has 32 heteroatoms. The van der Waals surface area contributed by atoms with Crippen LogP contribution in [0.2, 0.25) is 0 Å². The van der Waals surface area contributed by atoms with E-state index in [9.17, 15) is 55.2 Å². The third kappa shape index (κ3) is 18.8. The number of aryl methyl sites for hydroxylation is 6. The van der Waals surface area contributed by atoms with Gasteiger partial charge in [-0.25, -0.2) is 48.2 Å². The Hall–Kier alpha value is -9.73. The zero-order valence-corrected chi connectivity index (χ0v) is 54.3. The highest BCUT2D eigenvalue weighted by molar-refractivity contribution is 7.90. The molecule has 0 atom stereocenters. The first-order valence-electron chi connectivity index (χ1n) is 30.5. The molecule has 0 fully saturated rings. The fourth-order valence-corrected chi connectivity index (χ4v) is 10.6. The number of amides is 2. The van der Waals surface area contributed by atoms with Gasteiger partial charge in [-0.2, -0.15) is 23.1 Å². The van der Waals surface area contributed by atoms with E-state index in [4.69, 9.17) is 4.84 Å². The minimum Gasteiger partial charge on any atom is -0.359 e. The van der Waals surface area contributed by atoms with Crippen LogP contribution in [-0.4, -0.2) is 134 Å². The minimum atomic E-state index is -5.33. The van der Waals surface area contributed by atoms with Gasteiger partial charge in [0, 0.05) is 65.7 Å². The third-order valence-electron chi connectivity index (χ3n) is 15.5. The molecular weight excluding hydrogens is 1270 g/mol. The molecule has 9 N–H and O–H groups in total. The van der Waals surface area contributed by atoms with E-state index in [1.54, 1.807) is 7.05 Å². The summed E-state index contributed by atoms with van der Waals surface area (Å²) in [6.07, 6.45) is 2.31. The van der Waals surface area contributed by atoms with Crippen molar-refractivity contribution in [3.63, 3.8) is 0 Å². The van der Waals surface area contributed by atoms with Crippen molar-refractivity contribution in [2.24, 2.45) is 4.99 Å². The summed E-state index contributed by atoms with van der Waals surface area (Å²) in [5, 5.41) is 12.4. The number of fused-ring (bicyclic) bond motifs is 6. The molecule has 0 unspecified atom stereocenters. The summed E-state index contributed by atoms with van der Waals surface area (Å²) in [7, 11) is -3.71. The van der Waals surface area contributed by atoms with Gasteiger partial charge < -0.3 is 40.3 Å². The van der Waals surface area contributed by atoms with Gasteiger partial charge in [0.25, 0.3) is 16.7 Å². The number of aromatic amines is 3. The zero-order valence-electron chi connectivity index (χ0n) is 53.5. The average molecular weight is 1350 g/mol. The lowest BCUT2D eigenvalue weighted by molar-refractivity contribution is -0.134. The first-order chi connectivity index (χ1) is 45.2. The number of sulfonamides is 1. The maximum Gasteiger partial charge on any atom is 0.511 e. The summed E-state index contributed by atoms with van der Waals surface area (Å²) in [6, 6.07) is 21.3. The molecule has 0 bridgehead atoms. The lowest BCUT2D eigenvalue weighted by Gasteiger charge is -2.28. The van der Waals surface area contributed by atoms with Crippen molar-refractivity contribution in [2.45, 2.75) is 106 Å². The van der Waals surface area contributed by atoms with Gasteiger partial charge >= 0.3 is 26.9 Å². The van der Waals surface area contributed by atoms with Crippen LogP contribution in [0.25, 0.3) is 51.7 Å². The van der Waals surface area contributed by atoms with Gasteiger partial charge in [0.1, 0.15) is 5.48 Å². The van der Waals surface area contributed by atoms with E-state index < -0.39 is 43.6 Å². The number of nitrogens with one attached hydrogen (secondary N) is 9. The summed E-state index contributed by atoms with van der Waals surface area (Å²) < 4.78 is 64.1. The maximum absolute atomic E-state index is 12.4. The lowest BCUT2D eigenvalue weighted by Crippen LogP contribution is -2.44. The van der Waals surface area contributed by atoms with Crippen LogP contribution in [-0.2, 0) is 44.1 Å². The molecule has 4 aromatic carbocycles. The SMILES string of the molecule is C.C=c1nc2c(c(=O)[nH]1)=Nc1cc(C)c(C)cc1N2CCNCCCNS(=O)(=O)C(F)(F)F.CNC(=O)CCCNCCn1c2nc(=O)[nH]c(=O)c-2nc2cc(C)c(C)cc21.Cc1cc2nc3c(=O)[nH]c(=O)nc-3n(CCNCCCC(=O)NOCc3ccccc3)c2cc1C. The maximum atomic E-state index is 12.4. The van der Waals surface area contributed by atoms with Crippen molar-refractivity contribution in [3.05, 3.63) is 169 Å². The Kier molecular flexibility index (Phi) is 25.4. The summed E-state index contributed by atoms with van der Waals surface area (Å²) >= 11 is 0. The number of nitrogens with zero attached hydrogens (tertiary/aromatic N) is 9. The number of carbonyl (C=O) groups is 2. The molecule has 5 aliphatic heterocycles. The quantitative estimate of drug-likeness (QED) is 0.0225. The van der Waals surface area contributed by atoms with Crippen LogP contribution in [0.15, 0.2) is 95.7 Å². The molecule has 10 rings (SSSR count). The number of halogens is 3. The Morgan fingerprint density at radius 2 is 1.08 bits per heavy atom. The van der Waals surface area contributed by atoms with Crippen molar-refractivity contribution in [3.8, 4) is 23.0 Å². The second-order valence-corrected chi connectivity index (χ2v) is 24.2. The number of benzene rings is 4. The summed E-state index contributed by atoms with van der Waals surface area (Å²) in [5.41, 5.74) is 6.45. The van der Waals surface area contributed by atoms with Crippen molar-refractivity contribution >= 4 is 67.7 Å². The molecule has 0 saturated heterocycles. The van der Waals surface area contributed by atoms with Crippen molar-refractivity contribution in [1.82, 2.24) is 80.5 Å². The van der Waals surface area contributed by atoms with Crippen molar-refractivity contribution in [1.29, 1.82) is 0 Å². The number of carbonyl (C=O) groups excluding carboxylic acids is 2. The predicted molar refractivity (Wildman–Crippen MR) is 360 cm³/mol. The molecule has 28 nitrogen and oxygen atoms in total. The van der Waals surface area contributed by atoms with Crippen LogP contribution in [0.5, 0.6) is 0 Å². The predicted octanol–water partition coefficient (Wildman–Crippen LogP) is 3.39. The fraction of sp³-hybridized carbons (Fsp3) is 0.391. The number of alkyl halides is 3. The number of rotatable bonds is 25. The van der Waals surface area contributed by atoms with Gasteiger partial charge in [-0.3, -0.25) is 38.8 Å². The smallest absolute Gasteiger partial charge is 0.359 e. The first kappa shape index (κ1) is 73.7. The fourth-order valence-electron chi connectivity index (χ4n) is 10.0. The van der Waals surface area contributed by atoms with Crippen LogP contribution in [0.3, 0.4) is 0 Å². The standard InChI is InChI=1S/C25H28N6O4.C19H23F3N6O3S.C19H24N6O3.CH4/c1-16-13-19-20(14-17(16)2)31(23-22(27-19)24(33)29-25(34)28-23)12-11-26-10-6-9-21(32)30-35-15-18-7-4-3-5-8-18;1-11-9-14-15(10-12(11)2)28(17-16(27-14)18(29)26-13(3)25-17)8-7-23-5-4-6-24-32(30,31)19(20,21)22;1-11-9-13-14(10-12(11)2)25(8-7-21-6-4-5-15(26)20-3)17-16(22-13)18(27)24-19(28)23-17;/h3-5,7-8,13-14,26H,6,9-12,15H2,1-2H3,(H,30,32)(H,29,33,34);9-10,23-24H,3-8H2,1-2H3,(H,26,29);9-10,21H,4-8H2,1-3H3,(H,20,26)(H,24,27,28);1H4. The van der Waals surface area contributed by atoms with E-state index in [0.717, 1.165) is 62.1 Å². The van der Waals surface area contributed by atoms with Gasteiger partial charge in [-0.05, 0) is 156 Å². The number of hydrogen-bond donors (Lipinski definition) is 9. The molecular formula is C64H79F3N18O10S. The highest BCUT2D eigenvalue weighted by atomic mass is 32.2. The van der Waals surface area contributed by atoms with E-state index in [-0.39, 0.29) is 72.6 Å². The Morgan fingerprint density at radius 1 is 0.594 bits per heavy atom. The molecule has 1 aromatic heterocycles. The highest BCUT2D eigenvalue weighted by Gasteiger charge is 2.45. The lowest BCUT2D eigenvalue weighted by atomic mass is 10.1. The molecule has 0 saturated carbocycles. The molecule has 96 heavy (non-hydrogen) atoms. The van der Waals surface area contributed by atoms with E-state index in [1.807, 2.05) is 122 Å². The number of hydrogen-bond acceptors (Lipinski definition) is 20. The second kappa shape index (κ2) is 33.1. The Bertz CT molecular complexity index is 4750. The van der Waals surface area contributed by atoms with Crippen molar-refractivity contribution < 1.29 is 36.0 Å². The molecule has 2 amide bonds. The van der Waals surface area contributed by atoms with Crippen LogP contribution in [0, 0.1) is 41.5 Å². The van der Waals surface area contributed by atoms with E-state index >= 15 is 0 Å². The summed E-state index contributed by atoms with van der Waals surface area (Å²) in [5.74, 6) is 0.733. The van der Waals surface area contributed by atoms with Crippen LogP contribution < -0.4 is 75.3 Å². The molecule has 0 spiro atoms. The van der Waals surface area contributed by atoms with Gasteiger partial charge in [0.15, 0.2) is 34.2 Å². The van der Waals surface area contributed by atoms with Gasteiger partial charge in [0.05, 0.1) is 40.0 Å². The zero-order chi connectivity index (χ0) is 68.7. The van der Waals surface area contributed by atoms with Gasteiger partial charge in [0.2, 0.25) is 11.8 Å². The summed E-state index contributed by atoms with van der Waals surface area (Å²) in [6.45, 7) is 20.1. The highest BCUT2D eigenvalue weighted by Crippen LogP contribution is 2.36. The minimum absolute atomic E-state index is 0. The van der Waals surface area contributed by atoms with Crippen LogP contribution in [0.4, 0.5) is 30.4 Å². The monoisotopic (exact) mass is 1350 g/mol. The number of anilines is 2. The average Bonchev–Trinajstić information content (AvgIpc) is 0.772. The number of hydroxylamine groups is 1. The van der Waals surface area contributed by atoms with E-state index in [1.165, 1.54) is 4.72 Å². The number of aromatic nitrogens is 10. The van der Waals surface area contributed by atoms with Crippen molar-refractivity contribution in [2.75, 3.05) is 64.3 Å². The van der Waals surface area contributed by atoms with Crippen LogP contribution in [0.1, 0.15) is 78.5 Å². The molecule has 512 valence electrons. The Balaban J connectivity index is 0.000000203. The Morgan fingerprint density at radius 3 is 1.61 bits per heavy atom. The Labute approximate surface area is 549 Å².